The van der Waals surface area contributed by atoms with Gasteiger partial charge in [-0.05, 0) is 55.7 Å². The lowest BCUT2D eigenvalue weighted by atomic mass is 9.77. The molecule has 1 aromatic rings. The number of halogens is 1. The predicted molar refractivity (Wildman–Crippen MR) is 81.4 cm³/mol. The summed E-state index contributed by atoms with van der Waals surface area (Å²) < 4.78 is 6.80. The summed E-state index contributed by atoms with van der Waals surface area (Å²) in [5.74, 6) is 2.09. The Morgan fingerprint density at radius 2 is 2.21 bits per heavy atom. The van der Waals surface area contributed by atoms with E-state index in [9.17, 15) is 5.11 Å². The Labute approximate surface area is 124 Å². The SMILES string of the molecule is CCC1CCC(O)C(CCOc2cccc(Br)c2)C1. The van der Waals surface area contributed by atoms with Gasteiger partial charge in [0.1, 0.15) is 5.75 Å². The average Bonchev–Trinajstić information content (AvgIpc) is 2.41. The molecule has 2 rings (SSSR count). The van der Waals surface area contributed by atoms with Crippen LogP contribution in [0.25, 0.3) is 0 Å². The van der Waals surface area contributed by atoms with Gasteiger partial charge < -0.3 is 9.84 Å². The second kappa shape index (κ2) is 7.30. The molecule has 2 nitrogen and oxygen atoms in total. The molecule has 0 saturated heterocycles. The van der Waals surface area contributed by atoms with Crippen LogP contribution in [-0.2, 0) is 0 Å². The first kappa shape index (κ1) is 14.9. The van der Waals surface area contributed by atoms with Crippen LogP contribution in [0.5, 0.6) is 5.75 Å². The Bertz CT molecular complexity index is 394. The van der Waals surface area contributed by atoms with E-state index in [-0.39, 0.29) is 6.10 Å². The summed E-state index contributed by atoms with van der Waals surface area (Å²) in [6, 6.07) is 7.91. The van der Waals surface area contributed by atoms with Gasteiger partial charge in [-0.15, -0.1) is 0 Å². The monoisotopic (exact) mass is 326 g/mol. The molecule has 3 atom stereocenters. The molecule has 0 spiro atoms. The molecule has 0 aliphatic heterocycles. The Balaban J connectivity index is 1.78. The van der Waals surface area contributed by atoms with E-state index >= 15 is 0 Å². The maximum atomic E-state index is 10.1. The molecular weight excluding hydrogens is 304 g/mol. The molecule has 1 aromatic carbocycles. The third-order valence-corrected chi connectivity index (χ3v) is 4.67. The molecule has 19 heavy (non-hydrogen) atoms. The maximum absolute atomic E-state index is 10.1. The van der Waals surface area contributed by atoms with E-state index in [1.54, 1.807) is 0 Å². The fourth-order valence-electron chi connectivity index (χ4n) is 2.91. The minimum absolute atomic E-state index is 0.131. The molecule has 1 saturated carbocycles. The lowest BCUT2D eigenvalue weighted by molar-refractivity contribution is 0.0361. The summed E-state index contributed by atoms with van der Waals surface area (Å²) >= 11 is 3.44. The largest absolute Gasteiger partial charge is 0.494 e. The molecule has 1 aliphatic carbocycles. The van der Waals surface area contributed by atoms with Crippen molar-refractivity contribution in [1.82, 2.24) is 0 Å². The van der Waals surface area contributed by atoms with Crippen LogP contribution in [0.3, 0.4) is 0 Å². The van der Waals surface area contributed by atoms with E-state index in [1.807, 2.05) is 24.3 Å². The van der Waals surface area contributed by atoms with Crippen LogP contribution in [0.15, 0.2) is 28.7 Å². The predicted octanol–water partition coefficient (Wildman–Crippen LogP) is 4.41. The van der Waals surface area contributed by atoms with Gasteiger partial charge in [0.2, 0.25) is 0 Å². The van der Waals surface area contributed by atoms with Crippen LogP contribution >= 0.6 is 15.9 Å². The summed E-state index contributed by atoms with van der Waals surface area (Å²) in [6.45, 7) is 2.94. The fraction of sp³-hybridized carbons (Fsp3) is 0.625. The van der Waals surface area contributed by atoms with E-state index < -0.39 is 0 Å². The summed E-state index contributed by atoms with van der Waals surface area (Å²) in [4.78, 5) is 0. The summed E-state index contributed by atoms with van der Waals surface area (Å²) in [7, 11) is 0. The van der Waals surface area contributed by atoms with Gasteiger partial charge in [-0.3, -0.25) is 0 Å². The smallest absolute Gasteiger partial charge is 0.120 e. The maximum Gasteiger partial charge on any atom is 0.120 e. The molecule has 3 heteroatoms. The first-order valence-electron chi connectivity index (χ1n) is 7.25. The minimum Gasteiger partial charge on any atom is -0.494 e. The zero-order valence-electron chi connectivity index (χ0n) is 11.5. The van der Waals surface area contributed by atoms with Gasteiger partial charge in [-0.1, -0.05) is 35.3 Å². The quantitative estimate of drug-likeness (QED) is 0.868. The number of aliphatic hydroxyl groups excluding tert-OH is 1. The van der Waals surface area contributed by atoms with Crippen molar-refractivity contribution in [2.24, 2.45) is 11.8 Å². The average molecular weight is 327 g/mol. The lowest BCUT2D eigenvalue weighted by Gasteiger charge is -2.32. The van der Waals surface area contributed by atoms with Gasteiger partial charge >= 0.3 is 0 Å². The fourth-order valence-corrected chi connectivity index (χ4v) is 3.29. The van der Waals surface area contributed by atoms with Crippen molar-refractivity contribution in [1.29, 1.82) is 0 Å². The summed E-state index contributed by atoms with van der Waals surface area (Å²) in [5, 5.41) is 10.1. The van der Waals surface area contributed by atoms with Crippen LogP contribution in [0.1, 0.15) is 39.0 Å². The van der Waals surface area contributed by atoms with Crippen LogP contribution in [0.4, 0.5) is 0 Å². The minimum atomic E-state index is -0.131. The Morgan fingerprint density at radius 1 is 1.37 bits per heavy atom. The van der Waals surface area contributed by atoms with E-state index in [0.717, 1.165) is 35.4 Å². The molecule has 0 aromatic heterocycles. The zero-order chi connectivity index (χ0) is 13.7. The van der Waals surface area contributed by atoms with Gasteiger partial charge in [-0.2, -0.15) is 0 Å². The molecular formula is C16H23BrO2. The summed E-state index contributed by atoms with van der Waals surface area (Å²) in [5.41, 5.74) is 0. The second-order valence-corrected chi connectivity index (χ2v) is 6.42. The first-order valence-corrected chi connectivity index (χ1v) is 8.04. The number of ether oxygens (including phenoxy) is 1. The number of rotatable bonds is 5. The Kier molecular flexibility index (Phi) is 5.71. The molecule has 0 bridgehead atoms. The number of benzene rings is 1. The van der Waals surface area contributed by atoms with Crippen molar-refractivity contribution in [3.8, 4) is 5.75 Å². The van der Waals surface area contributed by atoms with E-state index in [4.69, 9.17) is 4.74 Å². The van der Waals surface area contributed by atoms with Crippen molar-refractivity contribution in [3.05, 3.63) is 28.7 Å². The third kappa shape index (κ3) is 4.50. The second-order valence-electron chi connectivity index (χ2n) is 5.51. The Morgan fingerprint density at radius 3 is 2.95 bits per heavy atom. The normalized spacial score (nSPS) is 27.2. The lowest BCUT2D eigenvalue weighted by Crippen LogP contribution is -2.30. The molecule has 3 unspecified atom stereocenters. The highest BCUT2D eigenvalue weighted by molar-refractivity contribution is 9.10. The molecule has 0 heterocycles. The topological polar surface area (TPSA) is 29.5 Å². The Hall–Kier alpha value is -0.540. The standard InChI is InChI=1S/C16H23BrO2/c1-2-12-6-7-16(18)13(10-12)8-9-19-15-5-3-4-14(17)11-15/h3-5,11-13,16,18H,2,6-10H2,1H3. The molecule has 1 fully saturated rings. The highest BCUT2D eigenvalue weighted by Gasteiger charge is 2.27. The van der Waals surface area contributed by atoms with Gasteiger partial charge in [-0.25, -0.2) is 0 Å². The first-order chi connectivity index (χ1) is 9.19. The number of hydrogen-bond donors (Lipinski definition) is 1. The van der Waals surface area contributed by atoms with E-state index in [1.165, 1.54) is 12.8 Å². The number of hydrogen-bond acceptors (Lipinski definition) is 2. The molecule has 106 valence electrons. The van der Waals surface area contributed by atoms with Gasteiger partial charge in [0.15, 0.2) is 0 Å². The van der Waals surface area contributed by atoms with Gasteiger partial charge in [0.05, 0.1) is 12.7 Å². The van der Waals surface area contributed by atoms with Crippen LogP contribution in [0.2, 0.25) is 0 Å². The molecule has 1 N–H and O–H groups in total. The van der Waals surface area contributed by atoms with Crippen LogP contribution in [0, 0.1) is 11.8 Å². The molecule has 0 radical (unpaired) electrons. The van der Waals surface area contributed by atoms with Crippen molar-refractivity contribution < 1.29 is 9.84 Å². The van der Waals surface area contributed by atoms with Crippen molar-refractivity contribution >= 4 is 15.9 Å². The number of aliphatic hydroxyl groups is 1. The summed E-state index contributed by atoms with van der Waals surface area (Å²) in [6.07, 6.45) is 5.34. The molecule has 0 amide bonds. The van der Waals surface area contributed by atoms with E-state index in [2.05, 4.69) is 22.9 Å². The van der Waals surface area contributed by atoms with Crippen molar-refractivity contribution in [2.45, 2.75) is 45.1 Å². The van der Waals surface area contributed by atoms with Gasteiger partial charge in [0.25, 0.3) is 0 Å². The highest BCUT2D eigenvalue weighted by Crippen LogP contribution is 2.33. The van der Waals surface area contributed by atoms with Gasteiger partial charge in [0, 0.05) is 4.47 Å². The van der Waals surface area contributed by atoms with Crippen molar-refractivity contribution in [3.63, 3.8) is 0 Å². The zero-order valence-corrected chi connectivity index (χ0v) is 13.1. The molecule has 1 aliphatic rings. The van der Waals surface area contributed by atoms with Crippen LogP contribution in [-0.4, -0.2) is 17.8 Å². The highest BCUT2D eigenvalue weighted by atomic mass is 79.9. The van der Waals surface area contributed by atoms with Crippen LogP contribution < -0.4 is 4.74 Å². The third-order valence-electron chi connectivity index (χ3n) is 4.18. The van der Waals surface area contributed by atoms with E-state index in [0.29, 0.717) is 12.5 Å². The van der Waals surface area contributed by atoms with Crippen molar-refractivity contribution in [2.75, 3.05) is 6.61 Å².